The van der Waals surface area contributed by atoms with Gasteiger partial charge in [0, 0.05) is 0 Å². The third kappa shape index (κ3) is 3.29. The molecular formula is C10H10N2O3S. The number of hydrogen-bond acceptors (Lipinski definition) is 3. The molecule has 0 spiro atoms. The van der Waals surface area contributed by atoms with Crippen LogP contribution >= 0.6 is 11.3 Å². The topological polar surface area (TPSA) is 78.4 Å². The molecule has 5 nitrogen and oxygen atoms in total. The summed E-state index contributed by atoms with van der Waals surface area (Å²) in [6.07, 6.45) is 0. The second-order valence-electron chi connectivity index (χ2n) is 2.70. The van der Waals surface area contributed by atoms with E-state index in [4.69, 9.17) is 5.11 Å². The molecule has 0 saturated carbocycles. The summed E-state index contributed by atoms with van der Waals surface area (Å²) >= 11 is 1.16. The van der Waals surface area contributed by atoms with Gasteiger partial charge < -0.3 is 10.4 Å². The molecule has 3 N–H and O–H groups in total. The Hall–Kier alpha value is -2.00. The van der Waals surface area contributed by atoms with Gasteiger partial charge >= 0.3 is 12.0 Å². The van der Waals surface area contributed by atoms with Crippen molar-refractivity contribution >= 4 is 28.3 Å². The summed E-state index contributed by atoms with van der Waals surface area (Å²) in [7, 11) is 0. The number of thiophene rings is 1. The maximum Gasteiger partial charge on any atom is 0.338 e. The summed E-state index contributed by atoms with van der Waals surface area (Å²) in [6, 6.07) is 0.974. The standard InChI is InChI=1S/C10H10N2O3S/c1-2-3-5-11-10(15)12-8-7(9(13)14)4-6-16-8/h4,6H,5H2,1H3,(H,13,14)(H2,11,12,15). The molecule has 0 aliphatic carbocycles. The number of hydrogen-bond donors (Lipinski definition) is 3. The van der Waals surface area contributed by atoms with E-state index in [0.717, 1.165) is 11.3 Å². The quantitative estimate of drug-likeness (QED) is 0.700. The van der Waals surface area contributed by atoms with E-state index < -0.39 is 12.0 Å². The first kappa shape index (κ1) is 12.1. The Morgan fingerprint density at radius 3 is 2.94 bits per heavy atom. The maximum atomic E-state index is 11.3. The summed E-state index contributed by atoms with van der Waals surface area (Å²) < 4.78 is 0. The average molecular weight is 238 g/mol. The summed E-state index contributed by atoms with van der Waals surface area (Å²) in [5, 5.41) is 15.6. The molecule has 6 heteroatoms. The molecule has 0 atom stereocenters. The van der Waals surface area contributed by atoms with Gasteiger partial charge in [-0.25, -0.2) is 9.59 Å². The zero-order valence-electron chi connectivity index (χ0n) is 8.53. The number of amides is 2. The van der Waals surface area contributed by atoms with Crippen LogP contribution in [0.15, 0.2) is 11.4 Å². The average Bonchev–Trinajstić information content (AvgIpc) is 2.66. The van der Waals surface area contributed by atoms with Crippen molar-refractivity contribution < 1.29 is 14.7 Å². The van der Waals surface area contributed by atoms with Crippen molar-refractivity contribution in [1.29, 1.82) is 0 Å². The number of rotatable bonds is 3. The van der Waals surface area contributed by atoms with Crippen LogP contribution in [0.3, 0.4) is 0 Å². The van der Waals surface area contributed by atoms with Gasteiger partial charge in [0.1, 0.15) is 5.00 Å². The van der Waals surface area contributed by atoms with E-state index in [1.54, 1.807) is 12.3 Å². The highest BCUT2D eigenvalue weighted by Gasteiger charge is 2.12. The Labute approximate surface area is 96.5 Å². The first-order valence-electron chi connectivity index (χ1n) is 4.40. The third-order valence-electron chi connectivity index (χ3n) is 1.64. The molecule has 0 fully saturated rings. The van der Waals surface area contributed by atoms with Crippen LogP contribution in [0.2, 0.25) is 0 Å². The fourth-order valence-corrected chi connectivity index (χ4v) is 1.71. The number of nitrogens with one attached hydrogen (secondary N) is 2. The molecular weight excluding hydrogens is 228 g/mol. The Bertz CT molecular complexity index is 456. The second-order valence-corrected chi connectivity index (χ2v) is 3.62. The minimum absolute atomic E-state index is 0.0849. The fraction of sp³-hybridized carbons (Fsp3) is 0.200. The molecule has 0 aliphatic heterocycles. The van der Waals surface area contributed by atoms with Crippen molar-refractivity contribution in [3.63, 3.8) is 0 Å². The van der Waals surface area contributed by atoms with E-state index in [9.17, 15) is 9.59 Å². The summed E-state index contributed by atoms with van der Waals surface area (Å²) in [4.78, 5) is 22.0. The smallest absolute Gasteiger partial charge is 0.338 e. The van der Waals surface area contributed by atoms with Crippen LogP contribution < -0.4 is 10.6 Å². The van der Waals surface area contributed by atoms with E-state index in [1.165, 1.54) is 6.07 Å². The Morgan fingerprint density at radius 2 is 2.31 bits per heavy atom. The van der Waals surface area contributed by atoms with Gasteiger partial charge in [0.05, 0.1) is 12.1 Å². The highest BCUT2D eigenvalue weighted by molar-refractivity contribution is 7.14. The third-order valence-corrected chi connectivity index (χ3v) is 2.47. The predicted molar refractivity (Wildman–Crippen MR) is 61.7 cm³/mol. The van der Waals surface area contributed by atoms with Crippen LogP contribution in [0.25, 0.3) is 0 Å². The summed E-state index contributed by atoms with van der Waals surface area (Å²) in [5.41, 5.74) is 0.0849. The van der Waals surface area contributed by atoms with Crippen molar-refractivity contribution in [3.8, 4) is 11.8 Å². The molecule has 0 saturated heterocycles. The first-order chi connectivity index (χ1) is 7.65. The SMILES string of the molecule is CC#CCNC(=O)Nc1sccc1C(=O)O. The Kier molecular flexibility index (Phi) is 4.36. The van der Waals surface area contributed by atoms with E-state index in [0.29, 0.717) is 5.00 Å². The van der Waals surface area contributed by atoms with Gasteiger partial charge in [-0.15, -0.1) is 17.3 Å². The lowest BCUT2D eigenvalue weighted by Crippen LogP contribution is -2.29. The van der Waals surface area contributed by atoms with Crippen LogP contribution in [0.4, 0.5) is 9.80 Å². The maximum absolute atomic E-state index is 11.3. The number of carbonyl (C=O) groups is 2. The van der Waals surface area contributed by atoms with Gasteiger partial charge in [0.25, 0.3) is 0 Å². The van der Waals surface area contributed by atoms with Gasteiger partial charge in [-0.3, -0.25) is 5.32 Å². The fourth-order valence-electron chi connectivity index (χ4n) is 0.935. The zero-order chi connectivity index (χ0) is 12.0. The molecule has 2 amide bonds. The number of aromatic carboxylic acids is 1. The lowest BCUT2D eigenvalue weighted by Gasteiger charge is -2.03. The van der Waals surface area contributed by atoms with Gasteiger partial charge in [0.15, 0.2) is 0 Å². The molecule has 0 aliphatic rings. The minimum Gasteiger partial charge on any atom is -0.478 e. The van der Waals surface area contributed by atoms with E-state index in [2.05, 4.69) is 22.5 Å². The Balaban J connectivity index is 2.58. The summed E-state index contributed by atoms with van der Waals surface area (Å²) in [6.45, 7) is 1.90. The lowest BCUT2D eigenvalue weighted by molar-refractivity contribution is 0.0698. The molecule has 1 rings (SSSR count). The van der Waals surface area contributed by atoms with Crippen LogP contribution in [-0.4, -0.2) is 23.7 Å². The minimum atomic E-state index is -1.06. The molecule has 84 valence electrons. The van der Waals surface area contributed by atoms with Crippen molar-refractivity contribution in [1.82, 2.24) is 5.32 Å². The van der Waals surface area contributed by atoms with Crippen LogP contribution in [0.5, 0.6) is 0 Å². The number of carboxylic acid groups (broad SMARTS) is 1. The summed E-state index contributed by atoms with van der Waals surface area (Å²) in [5.74, 6) is 4.22. The van der Waals surface area contributed by atoms with E-state index in [1.807, 2.05) is 0 Å². The molecule has 0 radical (unpaired) electrons. The van der Waals surface area contributed by atoms with Crippen LogP contribution in [-0.2, 0) is 0 Å². The van der Waals surface area contributed by atoms with Gasteiger partial charge in [-0.1, -0.05) is 5.92 Å². The second kappa shape index (κ2) is 5.78. The number of carboxylic acids is 1. The molecule has 1 aromatic rings. The van der Waals surface area contributed by atoms with Gasteiger partial charge in [-0.05, 0) is 18.4 Å². The molecule has 0 unspecified atom stereocenters. The first-order valence-corrected chi connectivity index (χ1v) is 5.28. The number of carbonyl (C=O) groups excluding carboxylic acids is 1. The molecule has 1 aromatic heterocycles. The zero-order valence-corrected chi connectivity index (χ0v) is 9.35. The molecule has 0 aromatic carbocycles. The van der Waals surface area contributed by atoms with E-state index in [-0.39, 0.29) is 12.1 Å². The lowest BCUT2D eigenvalue weighted by atomic mass is 10.3. The van der Waals surface area contributed by atoms with E-state index >= 15 is 0 Å². The normalized spacial score (nSPS) is 8.81. The molecule has 1 heterocycles. The largest absolute Gasteiger partial charge is 0.478 e. The van der Waals surface area contributed by atoms with Crippen LogP contribution in [0.1, 0.15) is 17.3 Å². The molecule has 0 bridgehead atoms. The van der Waals surface area contributed by atoms with Crippen molar-refractivity contribution in [2.75, 3.05) is 11.9 Å². The van der Waals surface area contributed by atoms with Crippen LogP contribution in [0, 0.1) is 11.8 Å². The highest BCUT2D eigenvalue weighted by Crippen LogP contribution is 2.22. The number of anilines is 1. The number of urea groups is 1. The van der Waals surface area contributed by atoms with Gasteiger partial charge in [0.2, 0.25) is 0 Å². The monoisotopic (exact) mass is 238 g/mol. The predicted octanol–water partition coefficient (Wildman–Crippen LogP) is 1.59. The van der Waals surface area contributed by atoms with Gasteiger partial charge in [-0.2, -0.15) is 0 Å². The molecule has 16 heavy (non-hydrogen) atoms. The van der Waals surface area contributed by atoms with Crippen molar-refractivity contribution in [3.05, 3.63) is 17.0 Å². The Morgan fingerprint density at radius 1 is 1.56 bits per heavy atom. The van der Waals surface area contributed by atoms with Crippen molar-refractivity contribution in [2.24, 2.45) is 0 Å². The van der Waals surface area contributed by atoms with Crippen molar-refractivity contribution in [2.45, 2.75) is 6.92 Å². The highest BCUT2D eigenvalue weighted by atomic mass is 32.1.